The lowest BCUT2D eigenvalue weighted by molar-refractivity contribution is 0.112. The molecule has 0 aliphatic rings. The van der Waals surface area contributed by atoms with Crippen molar-refractivity contribution in [3.8, 4) is 11.5 Å². The summed E-state index contributed by atoms with van der Waals surface area (Å²) in [6, 6.07) is 7.98. The SMILES string of the molecule is O=Cc1cccc(F)c1Oc1ccc(Br)c(F)c1. The minimum atomic E-state index is -0.678. The summed E-state index contributed by atoms with van der Waals surface area (Å²) in [5.74, 6) is -1.31. The van der Waals surface area contributed by atoms with Crippen LogP contribution in [0.1, 0.15) is 10.4 Å². The molecule has 0 aliphatic carbocycles. The van der Waals surface area contributed by atoms with Crippen molar-refractivity contribution in [1.82, 2.24) is 0 Å². The van der Waals surface area contributed by atoms with Crippen LogP contribution in [-0.4, -0.2) is 6.29 Å². The first-order valence-electron chi connectivity index (χ1n) is 4.98. The van der Waals surface area contributed by atoms with E-state index >= 15 is 0 Å². The Morgan fingerprint density at radius 1 is 1.11 bits per heavy atom. The summed E-state index contributed by atoms with van der Waals surface area (Å²) in [5.41, 5.74) is 0.0679. The first kappa shape index (κ1) is 12.7. The molecule has 0 bridgehead atoms. The molecule has 0 aromatic heterocycles. The number of carbonyl (C=O) groups excluding carboxylic acids is 1. The maximum absolute atomic E-state index is 13.5. The molecule has 0 unspecified atom stereocenters. The summed E-state index contributed by atoms with van der Waals surface area (Å²) >= 11 is 3.00. The molecule has 0 saturated heterocycles. The highest BCUT2D eigenvalue weighted by Gasteiger charge is 2.11. The maximum atomic E-state index is 13.5. The number of para-hydroxylation sites is 1. The molecule has 0 N–H and O–H groups in total. The first-order valence-corrected chi connectivity index (χ1v) is 5.77. The van der Waals surface area contributed by atoms with Gasteiger partial charge < -0.3 is 4.74 Å². The third-order valence-electron chi connectivity index (χ3n) is 2.24. The van der Waals surface area contributed by atoms with Gasteiger partial charge in [-0.15, -0.1) is 0 Å². The molecule has 0 atom stereocenters. The molecule has 0 amide bonds. The Bertz CT molecular complexity index is 600. The van der Waals surface area contributed by atoms with E-state index in [-0.39, 0.29) is 21.5 Å². The van der Waals surface area contributed by atoms with Crippen molar-refractivity contribution >= 4 is 22.2 Å². The molecule has 0 spiro atoms. The highest BCUT2D eigenvalue weighted by Crippen LogP contribution is 2.29. The number of benzene rings is 2. The van der Waals surface area contributed by atoms with Crippen LogP contribution in [0.4, 0.5) is 8.78 Å². The van der Waals surface area contributed by atoms with E-state index < -0.39 is 11.6 Å². The van der Waals surface area contributed by atoms with Crippen molar-refractivity contribution in [1.29, 1.82) is 0 Å². The van der Waals surface area contributed by atoms with Gasteiger partial charge in [0.2, 0.25) is 0 Å². The fraction of sp³-hybridized carbons (Fsp3) is 0. The zero-order chi connectivity index (χ0) is 13.1. The van der Waals surface area contributed by atoms with Gasteiger partial charge in [-0.25, -0.2) is 8.78 Å². The van der Waals surface area contributed by atoms with Gasteiger partial charge in [-0.3, -0.25) is 4.79 Å². The van der Waals surface area contributed by atoms with Crippen LogP contribution in [0.2, 0.25) is 0 Å². The van der Waals surface area contributed by atoms with Gasteiger partial charge in [-0.2, -0.15) is 0 Å². The monoisotopic (exact) mass is 312 g/mol. The van der Waals surface area contributed by atoms with Crippen molar-refractivity contribution in [3.63, 3.8) is 0 Å². The molecule has 0 heterocycles. The standard InChI is InChI=1S/C13H7BrF2O2/c14-10-5-4-9(6-12(10)16)18-13-8(7-17)2-1-3-11(13)15/h1-7H. The minimum Gasteiger partial charge on any atom is -0.453 e. The van der Waals surface area contributed by atoms with E-state index in [2.05, 4.69) is 15.9 Å². The second kappa shape index (κ2) is 5.27. The van der Waals surface area contributed by atoms with Crippen molar-refractivity contribution in [2.24, 2.45) is 0 Å². The third-order valence-corrected chi connectivity index (χ3v) is 2.88. The zero-order valence-corrected chi connectivity index (χ0v) is 10.6. The number of ether oxygens (including phenoxy) is 1. The summed E-state index contributed by atoms with van der Waals surface area (Å²) in [5, 5.41) is 0. The molecule has 0 radical (unpaired) electrons. The third kappa shape index (κ3) is 2.56. The van der Waals surface area contributed by atoms with E-state index in [4.69, 9.17) is 4.74 Å². The van der Waals surface area contributed by atoms with E-state index in [9.17, 15) is 13.6 Å². The van der Waals surface area contributed by atoms with E-state index in [1.807, 2.05) is 0 Å². The Labute approximate surface area is 110 Å². The molecular weight excluding hydrogens is 306 g/mol. The molecule has 0 fully saturated rings. The van der Waals surface area contributed by atoms with Gasteiger partial charge in [-0.05, 0) is 40.2 Å². The second-order valence-corrected chi connectivity index (χ2v) is 4.31. The second-order valence-electron chi connectivity index (χ2n) is 3.45. The lowest BCUT2D eigenvalue weighted by Crippen LogP contribution is -1.94. The van der Waals surface area contributed by atoms with Crippen LogP contribution < -0.4 is 4.74 Å². The van der Waals surface area contributed by atoms with Crippen LogP contribution in [0.25, 0.3) is 0 Å². The fourth-order valence-corrected chi connectivity index (χ4v) is 1.63. The molecule has 2 nitrogen and oxygen atoms in total. The normalized spacial score (nSPS) is 10.2. The quantitative estimate of drug-likeness (QED) is 0.788. The van der Waals surface area contributed by atoms with Crippen molar-refractivity contribution in [3.05, 3.63) is 58.1 Å². The van der Waals surface area contributed by atoms with Gasteiger partial charge in [0.25, 0.3) is 0 Å². The molecule has 2 aromatic rings. The number of hydrogen-bond donors (Lipinski definition) is 0. The van der Waals surface area contributed by atoms with Gasteiger partial charge in [-0.1, -0.05) is 6.07 Å². The average Bonchev–Trinajstić information content (AvgIpc) is 2.36. The number of rotatable bonds is 3. The predicted molar refractivity (Wildman–Crippen MR) is 66.0 cm³/mol. The van der Waals surface area contributed by atoms with E-state index in [1.54, 1.807) is 0 Å². The summed E-state index contributed by atoms with van der Waals surface area (Å²) in [6.45, 7) is 0. The van der Waals surface area contributed by atoms with Crippen molar-refractivity contribution in [2.45, 2.75) is 0 Å². The number of carbonyl (C=O) groups is 1. The van der Waals surface area contributed by atoms with Gasteiger partial charge in [0.1, 0.15) is 11.6 Å². The number of hydrogen-bond acceptors (Lipinski definition) is 2. The molecule has 5 heteroatoms. The predicted octanol–water partition coefficient (Wildman–Crippen LogP) is 4.33. The lowest BCUT2D eigenvalue weighted by atomic mass is 10.2. The average molecular weight is 313 g/mol. The Morgan fingerprint density at radius 2 is 1.89 bits per heavy atom. The Morgan fingerprint density at radius 3 is 2.56 bits per heavy atom. The van der Waals surface area contributed by atoms with E-state index in [1.165, 1.54) is 24.3 Å². The van der Waals surface area contributed by atoms with Crippen LogP contribution in [-0.2, 0) is 0 Å². The van der Waals surface area contributed by atoms with Crippen LogP contribution in [0.15, 0.2) is 40.9 Å². The highest BCUT2D eigenvalue weighted by molar-refractivity contribution is 9.10. The van der Waals surface area contributed by atoms with Crippen LogP contribution >= 0.6 is 15.9 Å². The van der Waals surface area contributed by atoms with E-state index in [0.717, 1.165) is 12.1 Å². The number of halogens is 3. The molecule has 2 aromatic carbocycles. The smallest absolute Gasteiger partial charge is 0.173 e. The Hall–Kier alpha value is -1.75. The van der Waals surface area contributed by atoms with Crippen LogP contribution in [0.5, 0.6) is 11.5 Å². The molecule has 0 aliphatic heterocycles. The molecule has 92 valence electrons. The largest absolute Gasteiger partial charge is 0.453 e. The molecule has 2 rings (SSSR count). The summed E-state index contributed by atoms with van der Waals surface area (Å²) in [6.07, 6.45) is 0.480. The molecular formula is C13H7BrF2O2. The number of aldehydes is 1. The first-order chi connectivity index (χ1) is 8.61. The Kier molecular flexibility index (Phi) is 3.72. The van der Waals surface area contributed by atoms with Crippen LogP contribution in [0.3, 0.4) is 0 Å². The summed E-state index contributed by atoms with van der Waals surface area (Å²) < 4.78 is 32.3. The van der Waals surface area contributed by atoms with Gasteiger partial charge in [0.05, 0.1) is 10.0 Å². The lowest BCUT2D eigenvalue weighted by Gasteiger charge is -2.09. The van der Waals surface area contributed by atoms with Crippen molar-refractivity contribution in [2.75, 3.05) is 0 Å². The Balaban J connectivity index is 2.39. The fourth-order valence-electron chi connectivity index (χ4n) is 1.38. The summed E-state index contributed by atoms with van der Waals surface area (Å²) in [7, 11) is 0. The molecule has 18 heavy (non-hydrogen) atoms. The minimum absolute atomic E-state index is 0.0679. The van der Waals surface area contributed by atoms with E-state index in [0.29, 0.717) is 6.29 Å². The zero-order valence-electron chi connectivity index (χ0n) is 8.99. The van der Waals surface area contributed by atoms with Crippen molar-refractivity contribution < 1.29 is 18.3 Å². The van der Waals surface area contributed by atoms with Gasteiger partial charge >= 0.3 is 0 Å². The molecule has 0 saturated carbocycles. The van der Waals surface area contributed by atoms with Crippen LogP contribution in [0, 0.1) is 11.6 Å². The highest BCUT2D eigenvalue weighted by atomic mass is 79.9. The summed E-state index contributed by atoms with van der Waals surface area (Å²) in [4.78, 5) is 10.8. The van der Waals surface area contributed by atoms with Gasteiger partial charge in [0, 0.05) is 6.07 Å². The van der Waals surface area contributed by atoms with Gasteiger partial charge in [0.15, 0.2) is 17.9 Å². The topological polar surface area (TPSA) is 26.3 Å². The maximum Gasteiger partial charge on any atom is 0.173 e.